The number of carbonyl (C=O) groups excluding carboxylic acids is 1. The van der Waals surface area contributed by atoms with Crippen molar-refractivity contribution in [2.75, 3.05) is 6.61 Å². The molecule has 0 unspecified atom stereocenters. The third-order valence-electron chi connectivity index (χ3n) is 3.76. The van der Waals surface area contributed by atoms with Gasteiger partial charge in [0.05, 0.1) is 28.6 Å². The molecule has 0 spiro atoms. The van der Waals surface area contributed by atoms with Crippen molar-refractivity contribution in [3.05, 3.63) is 57.2 Å². The lowest BCUT2D eigenvalue weighted by atomic mass is 10.2. The lowest BCUT2D eigenvalue weighted by Crippen LogP contribution is -2.26. The first-order chi connectivity index (χ1) is 12.4. The molecule has 2 aromatic rings. The van der Waals surface area contributed by atoms with Crippen LogP contribution >= 0.6 is 27.5 Å². The molecule has 0 saturated carbocycles. The second-order valence-corrected chi connectivity index (χ2v) is 6.84. The number of pyridine rings is 1. The first-order valence-corrected chi connectivity index (χ1v) is 8.80. The summed E-state index contributed by atoms with van der Waals surface area (Å²) in [7, 11) is 0. The molecule has 0 aliphatic carbocycles. The third kappa shape index (κ3) is 4.59. The van der Waals surface area contributed by atoms with Gasteiger partial charge in [-0.1, -0.05) is 17.7 Å². The number of aromatic nitrogens is 3. The largest absolute Gasteiger partial charge is 0.456 e. The Balaban J connectivity index is 1.87. The van der Waals surface area contributed by atoms with Crippen molar-refractivity contribution in [1.82, 2.24) is 19.7 Å². The molecule has 26 heavy (non-hydrogen) atoms. The lowest BCUT2D eigenvalue weighted by molar-refractivity contribution is -0.135. The molecule has 6 nitrogen and oxygen atoms in total. The number of ether oxygens (including phenoxy) is 1. The summed E-state index contributed by atoms with van der Waals surface area (Å²) >= 11 is 9.16. The van der Waals surface area contributed by atoms with E-state index in [-0.39, 0.29) is 13.2 Å². The quantitative estimate of drug-likeness (QED) is 0.481. The van der Waals surface area contributed by atoms with E-state index in [9.17, 15) is 13.6 Å². The average molecular weight is 448 g/mol. The van der Waals surface area contributed by atoms with Crippen molar-refractivity contribution in [1.29, 1.82) is 0 Å². The normalized spacial score (nSPS) is 13.9. The van der Waals surface area contributed by atoms with Crippen molar-refractivity contribution >= 4 is 33.5 Å². The molecule has 0 aromatic carbocycles. The van der Waals surface area contributed by atoms with Crippen LogP contribution in [0, 0.1) is 0 Å². The zero-order chi connectivity index (χ0) is 18.7. The first kappa shape index (κ1) is 18.8. The van der Waals surface area contributed by atoms with Crippen molar-refractivity contribution in [3.63, 3.8) is 0 Å². The standard InChI is InChI=1S/C16H14BrClF2N4O2/c17-12-5-22-24(8-15(19)20)13(12)7-23(11-3-16(25)26-9-11)6-10-1-2-14(18)21-4-10/h1-5,15H,6-9H2. The predicted molar refractivity (Wildman–Crippen MR) is 93.5 cm³/mol. The van der Waals surface area contributed by atoms with Crippen LogP contribution < -0.4 is 0 Å². The number of cyclic esters (lactones) is 1. The minimum absolute atomic E-state index is 0.125. The summed E-state index contributed by atoms with van der Waals surface area (Å²) in [4.78, 5) is 17.4. The smallest absolute Gasteiger partial charge is 0.333 e. The van der Waals surface area contributed by atoms with E-state index in [1.54, 1.807) is 12.3 Å². The number of rotatable bonds is 7. The lowest BCUT2D eigenvalue weighted by Gasteiger charge is -2.25. The number of hydrogen-bond acceptors (Lipinski definition) is 5. The number of alkyl halides is 2. The predicted octanol–water partition coefficient (Wildman–Crippen LogP) is 3.40. The summed E-state index contributed by atoms with van der Waals surface area (Å²) < 4.78 is 32.4. The maximum absolute atomic E-state index is 12.8. The Hall–Kier alpha value is -2.00. The molecule has 0 saturated heterocycles. The van der Waals surface area contributed by atoms with Gasteiger partial charge in [0.25, 0.3) is 6.43 Å². The van der Waals surface area contributed by atoms with Crippen molar-refractivity contribution in [3.8, 4) is 0 Å². The maximum atomic E-state index is 12.8. The summed E-state index contributed by atoms with van der Waals surface area (Å²) in [6, 6.07) is 3.47. The molecule has 10 heteroatoms. The van der Waals surface area contributed by atoms with Gasteiger partial charge in [0.15, 0.2) is 0 Å². The Kier molecular flexibility index (Phi) is 5.87. The maximum Gasteiger partial charge on any atom is 0.333 e. The highest BCUT2D eigenvalue weighted by molar-refractivity contribution is 9.10. The second-order valence-electron chi connectivity index (χ2n) is 5.60. The Labute approximate surface area is 161 Å². The molecule has 0 fully saturated rings. The molecule has 0 amide bonds. The molecular weight excluding hydrogens is 434 g/mol. The van der Waals surface area contributed by atoms with Crippen molar-refractivity contribution < 1.29 is 18.3 Å². The molecule has 1 aliphatic heterocycles. The van der Waals surface area contributed by atoms with Crippen LogP contribution in [0.4, 0.5) is 8.78 Å². The SMILES string of the molecule is O=C1C=C(N(Cc2ccc(Cl)nc2)Cc2c(Br)cnn2CC(F)F)CO1. The minimum Gasteiger partial charge on any atom is -0.456 e. The molecule has 0 N–H and O–H groups in total. The van der Waals surface area contributed by atoms with E-state index in [4.69, 9.17) is 16.3 Å². The van der Waals surface area contributed by atoms with Crippen LogP contribution in [0.3, 0.4) is 0 Å². The Morgan fingerprint density at radius 2 is 2.15 bits per heavy atom. The van der Waals surface area contributed by atoms with Crippen LogP contribution in [0.25, 0.3) is 0 Å². The van der Waals surface area contributed by atoms with Crippen molar-refractivity contribution in [2.24, 2.45) is 0 Å². The first-order valence-electron chi connectivity index (χ1n) is 7.63. The number of esters is 1. The topological polar surface area (TPSA) is 60.2 Å². The van der Waals surface area contributed by atoms with E-state index in [2.05, 4.69) is 26.0 Å². The summed E-state index contributed by atoms with van der Waals surface area (Å²) in [5.74, 6) is -0.431. The van der Waals surface area contributed by atoms with Crippen molar-refractivity contribution in [2.45, 2.75) is 26.1 Å². The summed E-state index contributed by atoms with van der Waals surface area (Å²) in [6.45, 7) is 0.281. The van der Waals surface area contributed by atoms with Gasteiger partial charge >= 0.3 is 5.97 Å². The van der Waals surface area contributed by atoms with Gasteiger partial charge in [-0.15, -0.1) is 0 Å². The van der Waals surface area contributed by atoms with Gasteiger partial charge in [0.2, 0.25) is 0 Å². The van der Waals surface area contributed by atoms with Crippen LogP contribution in [-0.2, 0) is 29.2 Å². The molecule has 2 aromatic heterocycles. The summed E-state index contributed by atoms with van der Waals surface area (Å²) in [5, 5.41) is 4.36. The fourth-order valence-corrected chi connectivity index (χ4v) is 3.07. The van der Waals surface area contributed by atoms with Crippen LogP contribution in [0.1, 0.15) is 11.3 Å². The highest BCUT2D eigenvalue weighted by Gasteiger charge is 2.23. The van der Waals surface area contributed by atoms with E-state index in [1.807, 2.05) is 11.0 Å². The van der Waals surface area contributed by atoms with Gasteiger partial charge in [-0.25, -0.2) is 18.6 Å². The molecule has 3 rings (SSSR count). The fourth-order valence-electron chi connectivity index (χ4n) is 2.54. The number of hydrogen-bond donors (Lipinski definition) is 0. The van der Waals surface area contributed by atoms with Gasteiger partial charge in [-0.2, -0.15) is 5.10 Å². The van der Waals surface area contributed by atoms with Crippen LogP contribution in [0.15, 0.2) is 40.8 Å². The van der Waals surface area contributed by atoms with E-state index in [0.29, 0.717) is 27.6 Å². The zero-order valence-corrected chi connectivity index (χ0v) is 15.8. The monoisotopic (exact) mass is 446 g/mol. The van der Waals surface area contributed by atoms with Gasteiger partial charge in [0, 0.05) is 18.8 Å². The van der Waals surface area contributed by atoms with Gasteiger partial charge in [-0.05, 0) is 27.6 Å². The van der Waals surface area contributed by atoms with E-state index >= 15 is 0 Å². The van der Waals surface area contributed by atoms with Crippen LogP contribution in [0.5, 0.6) is 0 Å². The Morgan fingerprint density at radius 1 is 1.35 bits per heavy atom. The molecule has 0 bridgehead atoms. The fraction of sp³-hybridized carbons (Fsp3) is 0.312. The van der Waals surface area contributed by atoms with Crippen LogP contribution in [0.2, 0.25) is 5.15 Å². The second kappa shape index (κ2) is 8.13. The zero-order valence-electron chi connectivity index (χ0n) is 13.4. The van der Waals surface area contributed by atoms with Gasteiger partial charge in [0.1, 0.15) is 18.3 Å². The van der Waals surface area contributed by atoms with Gasteiger partial charge < -0.3 is 9.64 Å². The van der Waals surface area contributed by atoms with E-state index in [1.165, 1.54) is 17.0 Å². The Bertz CT molecular complexity index is 826. The van der Waals surface area contributed by atoms with E-state index < -0.39 is 18.9 Å². The third-order valence-corrected chi connectivity index (χ3v) is 4.65. The molecule has 138 valence electrons. The Morgan fingerprint density at radius 3 is 2.77 bits per heavy atom. The minimum atomic E-state index is -2.52. The number of halogens is 4. The molecule has 3 heterocycles. The van der Waals surface area contributed by atoms with Crippen LogP contribution in [-0.4, -0.2) is 38.7 Å². The molecular formula is C16H14BrClF2N4O2. The summed E-state index contributed by atoms with van der Waals surface area (Å²) in [5.41, 5.74) is 2.08. The average Bonchev–Trinajstić information content (AvgIpc) is 3.16. The van der Waals surface area contributed by atoms with E-state index in [0.717, 1.165) is 5.56 Å². The highest BCUT2D eigenvalue weighted by Crippen LogP contribution is 2.24. The number of nitrogens with zero attached hydrogens (tertiary/aromatic N) is 4. The molecule has 0 atom stereocenters. The molecule has 1 aliphatic rings. The summed E-state index contributed by atoms with van der Waals surface area (Å²) in [6.07, 6.45) is 1.97. The number of carbonyl (C=O) groups is 1. The highest BCUT2D eigenvalue weighted by atomic mass is 79.9. The van der Waals surface area contributed by atoms with Gasteiger partial charge in [-0.3, -0.25) is 4.68 Å². The molecule has 0 radical (unpaired) electrons.